The van der Waals surface area contributed by atoms with E-state index in [-0.39, 0.29) is 11.4 Å². The molecule has 0 bridgehead atoms. The lowest BCUT2D eigenvalue weighted by atomic mass is 10.3. The highest BCUT2D eigenvalue weighted by Gasteiger charge is 2.10. The van der Waals surface area contributed by atoms with Crippen molar-refractivity contribution in [1.29, 1.82) is 0 Å². The van der Waals surface area contributed by atoms with Crippen LogP contribution in [0.3, 0.4) is 0 Å². The number of aromatic nitrogens is 2. The first-order valence-electron chi connectivity index (χ1n) is 5.68. The molecule has 0 saturated carbocycles. The highest BCUT2D eigenvalue weighted by atomic mass is 19.1. The van der Waals surface area contributed by atoms with Crippen molar-refractivity contribution in [3.05, 3.63) is 52.9 Å². The molecule has 0 atom stereocenters. The summed E-state index contributed by atoms with van der Waals surface area (Å²) >= 11 is 0. The zero-order valence-electron chi connectivity index (χ0n) is 10.0. The van der Waals surface area contributed by atoms with Gasteiger partial charge in [-0.15, -0.1) is 0 Å². The summed E-state index contributed by atoms with van der Waals surface area (Å²) in [5.74, 6) is -0.517. The Morgan fingerprint density at radius 3 is 2.95 bits per heavy atom. The van der Waals surface area contributed by atoms with Crippen molar-refractivity contribution < 1.29 is 14.1 Å². The van der Waals surface area contributed by atoms with Crippen LogP contribution in [0.1, 0.15) is 6.42 Å². The lowest BCUT2D eigenvalue weighted by Gasteiger charge is -2.06. The van der Waals surface area contributed by atoms with Crippen LogP contribution in [-0.2, 0) is 6.54 Å². The standard InChI is InChI=1S/C12H12FN3O3/c13-10-6-11(16(17)18)8-12(7-10)19-5-1-3-15-4-2-14-9-15/h2,4,6-9H,1,3,5H2. The van der Waals surface area contributed by atoms with Gasteiger partial charge in [0, 0.05) is 25.0 Å². The van der Waals surface area contributed by atoms with E-state index < -0.39 is 10.7 Å². The van der Waals surface area contributed by atoms with Crippen LogP contribution in [0.2, 0.25) is 0 Å². The molecule has 0 unspecified atom stereocenters. The van der Waals surface area contributed by atoms with Crippen LogP contribution in [0.15, 0.2) is 36.9 Å². The quantitative estimate of drug-likeness (QED) is 0.457. The second kappa shape index (κ2) is 5.94. The second-order valence-electron chi connectivity index (χ2n) is 3.90. The van der Waals surface area contributed by atoms with Crippen molar-refractivity contribution in [3.63, 3.8) is 0 Å². The van der Waals surface area contributed by atoms with E-state index in [0.29, 0.717) is 13.0 Å². The number of nitrogens with zero attached hydrogens (tertiary/aromatic N) is 3. The molecule has 2 aromatic rings. The van der Waals surface area contributed by atoms with Crippen molar-refractivity contribution >= 4 is 5.69 Å². The normalized spacial score (nSPS) is 10.4. The Balaban J connectivity index is 1.87. The van der Waals surface area contributed by atoms with E-state index in [1.165, 1.54) is 6.07 Å². The number of nitro benzene ring substituents is 1. The van der Waals surface area contributed by atoms with Crippen LogP contribution < -0.4 is 4.74 Å². The maximum Gasteiger partial charge on any atom is 0.276 e. The molecule has 6 nitrogen and oxygen atoms in total. The molecule has 7 heteroatoms. The van der Waals surface area contributed by atoms with E-state index in [1.807, 2.05) is 10.8 Å². The van der Waals surface area contributed by atoms with Crippen molar-refractivity contribution in [2.75, 3.05) is 6.61 Å². The third-order valence-electron chi connectivity index (χ3n) is 2.46. The van der Waals surface area contributed by atoms with Gasteiger partial charge in [-0.3, -0.25) is 10.1 Å². The number of non-ortho nitro benzene ring substituents is 1. The summed E-state index contributed by atoms with van der Waals surface area (Å²) in [7, 11) is 0. The van der Waals surface area contributed by atoms with Crippen molar-refractivity contribution in [2.45, 2.75) is 13.0 Å². The predicted octanol–water partition coefficient (Wildman–Crippen LogP) is 2.40. The van der Waals surface area contributed by atoms with Gasteiger partial charge in [0.05, 0.1) is 30.0 Å². The molecule has 19 heavy (non-hydrogen) atoms. The average Bonchev–Trinajstić information content (AvgIpc) is 2.87. The molecule has 0 fully saturated rings. The lowest BCUT2D eigenvalue weighted by molar-refractivity contribution is -0.385. The number of halogens is 1. The molecule has 100 valence electrons. The molecule has 1 heterocycles. The zero-order chi connectivity index (χ0) is 13.7. The smallest absolute Gasteiger partial charge is 0.276 e. The highest BCUT2D eigenvalue weighted by Crippen LogP contribution is 2.21. The molecular formula is C12H12FN3O3. The van der Waals surface area contributed by atoms with Crippen molar-refractivity contribution in [2.24, 2.45) is 0 Å². The summed E-state index contributed by atoms with van der Waals surface area (Å²) in [4.78, 5) is 13.8. The maximum absolute atomic E-state index is 13.1. The summed E-state index contributed by atoms with van der Waals surface area (Å²) in [6.45, 7) is 1.07. The molecule has 0 radical (unpaired) electrons. The monoisotopic (exact) mass is 265 g/mol. The Hall–Kier alpha value is -2.44. The van der Waals surface area contributed by atoms with Crippen molar-refractivity contribution in [3.8, 4) is 5.75 Å². The van der Waals surface area contributed by atoms with E-state index >= 15 is 0 Å². The van der Waals surface area contributed by atoms with Crippen molar-refractivity contribution in [1.82, 2.24) is 9.55 Å². The molecule has 2 rings (SSSR count). The molecular weight excluding hydrogens is 253 g/mol. The van der Waals surface area contributed by atoms with Gasteiger partial charge >= 0.3 is 0 Å². The molecule has 0 aliphatic carbocycles. The van der Waals surface area contributed by atoms with E-state index in [4.69, 9.17) is 4.74 Å². The molecule has 0 aliphatic heterocycles. The SMILES string of the molecule is O=[N+]([O-])c1cc(F)cc(OCCCn2ccnc2)c1. The van der Waals surface area contributed by atoms with Crippen LogP contribution >= 0.6 is 0 Å². The third-order valence-corrected chi connectivity index (χ3v) is 2.46. The van der Waals surface area contributed by atoms with E-state index in [9.17, 15) is 14.5 Å². The summed E-state index contributed by atoms with van der Waals surface area (Å²) in [6, 6.07) is 3.20. The fourth-order valence-corrected chi connectivity index (χ4v) is 1.59. The summed E-state index contributed by atoms with van der Waals surface area (Å²) in [5, 5.41) is 10.6. The van der Waals surface area contributed by atoms with Crippen LogP contribution in [0.4, 0.5) is 10.1 Å². The van der Waals surface area contributed by atoms with Gasteiger partial charge in [0.25, 0.3) is 5.69 Å². The van der Waals surface area contributed by atoms with Gasteiger partial charge in [-0.25, -0.2) is 9.37 Å². The number of aryl methyl sites for hydroxylation is 1. The van der Waals surface area contributed by atoms with Gasteiger partial charge < -0.3 is 9.30 Å². The Labute approximate surface area is 108 Å². The number of imidazole rings is 1. The third kappa shape index (κ3) is 3.77. The van der Waals surface area contributed by atoms with Crippen LogP contribution in [-0.4, -0.2) is 21.1 Å². The predicted molar refractivity (Wildman–Crippen MR) is 65.4 cm³/mol. The number of ether oxygens (including phenoxy) is 1. The maximum atomic E-state index is 13.1. The minimum absolute atomic E-state index is 0.164. The number of rotatable bonds is 6. The molecule has 0 aliphatic rings. The van der Waals surface area contributed by atoms with Crippen LogP contribution in [0.5, 0.6) is 5.75 Å². The minimum Gasteiger partial charge on any atom is -0.493 e. The van der Waals surface area contributed by atoms with Crippen LogP contribution in [0.25, 0.3) is 0 Å². The summed E-state index contributed by atoms with van der Waals surface area (Å²) in [5.41, 5.74) is -0.315. The summed E-state index contributed by atoms with van der Waals surface area (Å²) < 4.78 is 20.3. The fourth-order valence-electron chi connectivity index (χ4n) is 1.59. The number of hydrogen-bond acceptors (Lipinski definition) is 4. The Morgan fingerprint density at radius 2 is 2.26 bits per heavy atom. The lowest BCUT2D eigenvalue weighted by Crippen LogP contribution is -2.03. The zero-order valence-corrected chi connectivity index (χ0v) is 10.0. The van der Waals surface area contributed by atoms with Gasteiger partial charge in [0.1, 0.15) is 11.6 Å². The summed E-state index contributed by atoms with van der Waals surface area (Å²) in [6.07, 6.45) is 5.89. The molecule has 1 aromatic heterocycles. The second-order valence-corrected chi connectivity index (χ2v) is 3.90. The first-order chi connectivity index (χ1) is 9.15. The van der Waals surface area contributed by atoms with Gasteiger partial charge in [0.2, 0.25) is 0 Å². The van der Waals surface area contributed by atoms with Gasteiger partial charge in [-0.2, -0.15) is 0 Å². The first-order valence-corrected chi connectivity index (χ1v) is 5.68. The largest absolute Gasteiger partial charge is 0.493 e. The molecule has 0 amide bonds. The first kappa shape index (κ1) is 13.0. The topological polar surface area (TPSA) is 70.2 Å². The number of nitro groups is 1. The molecule has 0 N–H and O–H groups in total. The van der Waals surface area contributed by atoms with Gasteiger partial charge in [0.15, 0.2) is 0 Å². The fraction of sp³-hybridized carbons (Fsp3) is 0.250. The highest BCUT2D eigenvalue weighted by molar-refractivity contribution is 5.38. The van der Waals surface area contributed by atoms with E-state index in [1.54, 1.807) is 12.5 Å². The van der Waals surface area contributed by atoms with Gasteiger partial charge in [-0.1, -0.05) is 0 Å². The minimum atomic E-state index is -0.682. The average molecular weight is 265 g/mol. The van der Waals surface area contributed by atoms with Gasteiger partial charge in [-0.05, 0) is 6.42 Å². The van der Waals surface area contributed by atoms with Crippen LogP contribution in [0, 0.1) is 15.9 Å². The number of benzene rings is 1. The van der Waals surface area contributed by atoms with E-state index in [2.05, 4.69) is 4.98 Å². The molecule has 0 saturated heterocycles. The van der Waals surface area contributed by atoms with E-state index in [0.717, 1.165) is 18.7 Å². The molecule has 0 spiro atoms. The Morgan fingerprint density at radius 1 is 1.42 bits per heavy atom. The molecule has 1 aromatic carbocycles. The number of hydrogen-bond donors (Lipinski definition) is 0. The Kier molecular flexibility index (Phi) is 4.07. The Bertz CT molecular complexity index is 557.